The molecule has 4 heterocycles. The van der Waals surface area contributed by atoms with Gasteiger partial charge in [0.05, 0.1) is 11.3 Å². The highest BCUT2D eigenvalue weighted by Gasteiger charge is 2.42. The highest BCUT2D eigenvalue weighted by molar-refractivity contribution is 5.96. The van der Waals surface area contributed by atoms with Crippen LogP contribution in [0.2, 0.25) is 0 Å². The lowest BCUT2D eigenvalue weighted by atomic mass is 9.80. The van der Waals surface area contributed by atoms with Crippen LogP contribution in [0, 0.1) is 31.6 Å². The molecule has 3 saturated heterocycles. The van der Waals surface area contributed by atoms with Crippen molar-refractivity contribution in [2.24, 2.45) is 17.8 Å². The van der Waals surface area contributed by atoms with Crippen LogP contribution in [0.3, 0.4) is 0 Å². The van der Waals surface area contributed by atoms with Gasteiger partial charge in [-0.15, -0.1) is 0 Å². The molecule has 31 heavy (non-hydrogen) atoms. The van der Waals surface area contributed by atoms with Crippen molar-refractivity contribution in [2.45, 2.75) is 26.2 Å². The van der Waals surface area contributed by atoms with Crippen molar-refractivity contribution in [1.82, 2.24) is 20.1 Å². The van der Waals surface area contributed by atoms with Crippen LogP contribution in [-0.2, 0) is 0 Å². The number of aryl methyl sites for hydroxylation is 2. The van der Waals surface area contributed by atoms with Gasteiger partial charge in [-0.3, -0.25) is 9.78 Å². The Balaban J connectivity index is 1.17. The lowest BCUT2D eigenvalue weighted by molar-refractivity contribution is 0.0771. The van der Waals surface area contributed by atoms with Crippen LogP contribution < -0.4 is 5.32 Å². The van der Waals surface area contributed by atoms with Crippen molar-refractivity contribution in [3.8, 4) is 0 Å². The summed E-state index contributed by atoms with van der Waals surface area (Å²) in [6, 6.07) is 13.0. The number of carbonyl (C=O) groups is 1. The van der Waals surface area contributed by atoms with Gasteiger partial charge in [0, 0.05) is 32.4 Å². The maximum Gasteiger partial charge on any atom is 0.255 e. The molecule has 0 saturated carbocycles. The number of hydrogen-bond acceptors (Lipinski definition) is 4. The predicted molar refractivity (Wildman–Crippen MR) is 123 cm³/mol. The van der Waals surface area contributed by atoms with Crippen LogP contribution in [-0.4, -0.2) is 66.5 Å². The molecule has 2 aromatic rings. The van der Waals surface area contributed by atoms with Crippen LogP contribution in [0.15, 0.2) is 42.6 Å². The summed E-state index contributed by atoms with van der Waals surface area (Å²) >= 11 is 0. The highest BCUT2D eigenvalue weighted by Crippen LogP contribution is 2.35. The van der Waals surface area contributed by atoms with E-state index >= 15 is 0 Å². The molecule has 5 nitrogen and oxygen atoms in total. The standard InChI is InChI=1S/C26H34N4O/c1-18-8-10-28-19(2)25(18)26(31)30-16-22-14-29(15-23(22)17-30)11-9-24(21-12-27-13-21)20-6-4-3-5-7-20/h3-8,10,21-24,27H,9,11-17H2,1-2H3. The van der Waals surface area contributed by atoms with E-state index in [0.717, 1.165) is 68.6 Å². The van der Waals surface area contributed by atoms with Crippen LogP contribution in [0.25, 0.3) is 0 Å². The smallest absolute Gasteiger partial charge is 0.255 e. The average molecular weight is 419 g/mol. The second kappa shape index (κ2) is 8.71. The quantitative estimate of drug-likeness (QED) is 0.783. The number of aromatic nitrogens is 1. The Bertz CT molecular complexity index is 892. The van der Waals surface area contributed by atoms with Gasteiger partial charge in [0.25, 0.3) is 5.91 Å². The average Bonchev–Trinajstić information content (AvgIpc) is 3.29. The zero-order valence-corrected chi connectivity index (χ0v) is 18.8. The second-order valence-electron chi connectivity index (χ2n) is 9.80. The third-order valence-corrected chi connectivity index (χ3v) is 7.78. The van der Waals surface area contributed by atoms with Gasteiger partial charge in [-0.1, -0.05) is 30.3 Å². The van der Waals surface area contributed by atoms with Crippen LogP contribution in [0.1, 0.15) is 39.5 Å². The SMILES string of the molecule is Cc1ccnc(C)c1C(=O)N1CC2CN(CCC(c3ccccc3)C3CNC3)CC2C1. The number of hydrogen-bond donors (Lipinski definition) is 1. The first-order valence-electron chi connectivity index (χ1n) is 11.8. The molecular formula is C26H34N4O. The molecule has 3 aliphatic rings. The minimum absolute atomic E-state index is 0.172. The van der Waals surface area contributed by atoms with E-state index in [9.17, 15) is 4.79 Å². The molecule has 1 aromatic carbocycles. The topological polar surface area (TPSA) is 48.5 Å². The Kier molecular flexibility index (Phi) is 5.81. The molecule has 0 spiro atoms. The van der Waals surface area contributed by atoms with Gasteiger partial charge in [-0.2, -0.15) is 0 Å². The number of likely N-dealkylation sites (tertiary alicyclic amines) is 2. The molecule has 0 aliphatic carbocycles. The van der Waals surface area contributed by atoms with E-state index in [1.807, 2.05) is 19.9 Å². The summed E-state index contributed by atoms with van der Waals surface area (Å²) in [4.78, 5) is 22.2. The second-order valence-corrected chi connectivity index (χ2v) is 9.80. The maximum atomic E-state index is 13.2. The first kappa shape index (κ1) is 20.7. The van der Waals surface area contributed by atoms with Crippen molar-refractivity contribution >= 4 is 5.91 Å². The molecule has 3 unspecified atom stereocenters. The molecule has 0 bridgehead atoms. The number of amides is 1. The number of pyridine rings is 1. The van der Waals surface area contributed by atoms with Gasteiger partial charge in [0.2, 0.25) is 0 Å². The van der Waals surface area contributed by atoms with E-state index in [1.54, 1.807) is 6.20 Å². The van der Waals surface area contributed by atoms with Crippen molar-refractivity contribution in [2.75, 3.05) is 45.8 Å². The number of nitrogens with zero attached hydrogens (tertiary/aromatic N) is 3. The molecule has 5 rings (SSSR count). The van der Waals surface area contributed by atoms with Gasteiger partial charge >= 0.3 is 0 Å². The fourth-order valence-electron chi connectivity index (χ4n) is 5.91. The van der Waals surface area contributed by atoms with Crippen LogP contribution in [0.4, 0.5) is 0 Å². The van der Waals surface area contributed by atoms with E-state index in [-0.39, 0.29) is 5.91 Å². The van der Waals surface area contributed by atoms with Gasteiger partial charge < -0.3 is 15.1 Å². The number of carbonyl (C=O) groups excluding carboxylic acids is 1. The summed E-state index contributed by atoms with van der Waals surface area (Å²) in [7, 11) is 0. The fraction of sp³-hybridized carbons (Fsp3) is 0.538. The van der Waals surface area contributed by atoms with Crippen LogP contribution in [0.5, 0.6) is 0 Å². The van der Waals surface area contributed by atoms with E-state index in [4.69, 9.17) is 0 Å². The molecule has 1 N–H and O–H groups in total. The molecule has 5 heteroatoms. The van der Waals surface area contributed by atoms with E-state index in [2.05, 4.69) is 50.4 Å². The number of nitrogens with one attached hydrogen (secondary N) is 1. The third kappa shape index (κ3) is 4.13. The summed E-state index contributed by atoms with van der Waals surface area (Å²) < 4.78 is 0. The molecular weight excluding hydrogens is 384 g/mol. The van der Waals surface area contributed by atoms with E-state index in [1.165, 1.54) is 12.0 Å². The summed E-state index contributed by atoms with van der Waals surface area (Å²) in [5.41, 5.74) is 4.18. The largest absolute Gasteiger partial charge is 0.338 e. The van der Waals surface area contributed by atoms with Gasteiger partial charge in [0.15, 0.2) is 0 Å². The lowest BCUT2D eigenvalue weighted by Crippen LogP contribution is -2.46. The Labute approximate surface area is 185 Å². The summed E-state index contributed by atoms with van der Waals surface area (Å²) in [6.07, 6.45) is 3.02. The fourth-order valence-corrected chi connectivity index (χ4v) is 5.91. The van der Waals surface area contributed by atoms with Gasteiger partial charge in [-0.05, 0) is 80.8 Å². The predicted octanol–water partition coefficient (Wildman–Crippen LogP) is 3.10. The zero-order valence-electron chi connectivity index (χ0n) is 18.8. The van der Waals surface area contributed by atoms with Gasteiger partial charge in [-0.25, -0.2) is 0 Å². The normalized spacial score (nSPS) is 24.8. The van der Waals surface area contributed by atoms with E-state index < -0.39 is 0 Å². The van der Waals surface area contributed by atoms with E-state index in [0.29, 0.717) is 17.8 Å². The first-order chi connectivity index (χ1) is 15.1. The lowest BCUT2D eigenvalue weighted by Gasteiger charge is -2.36. The number of fused-ring (bicyclic) bond motifs is 1. The summed E-state index contributed by atoms with van der Waals surface area (Å²) in [5, 5.41) is 3.45. The summed E-state index contributed by atoms with van der Waals surface area (Å²) in [5.74, 6) is 2.82. The minimum Gasteiger partial charge on any atom is -0.338 e. The van der Waals surface area contributed by atoms with Crippen molar-refractivity contribution in [3.05, 3.63) is 65.0 Å². The Morgan fingerprint density at radius 2 is 1.77 bits per heavy atom. The highest BCUT2D eigenvalue weighted by atomic mass is 16.2. The third-order valence-electron chi connectivity index (χ3n) is 7.78. The Morgan fingerprint density at radius 1 is 1.06 bits per heavy atom. The Hall–Kier alpha value is -2.24. The minimum atomic E-state index is 0.172. The first-order valence-corrected chi connectivity index (χ1v) is 11.8. The van der Waals surface area contributed by atoms with Crippen molar-refractivity contribution in [1.29, 1.82) is 0 Å². The summed E-state index contributed by atoms with van der Waals surface area (Å²) in [6.45, 7) is 11.5. The van der Waals surface area contributed by atoms with Crippen molar-refractivity contribution in [3.63, 3.8) is 0 Å². The Morgan fingerprint density at radius 3 is 2.39 bits per heavy atom. The zero-order chi connectivity index (χ0) is 21.4. The van der Waals surface area contributed by atoms with Crippen molar-refractivity contribution < 1.29 is 4.79 Å². The molecule has 3 aliphatic heterocycles. The molecule has 1 aromatic heterocycles. The number of rotatable bonds is 6. The molecule has 0 radical (unpaired) electrons. The van der Waals surface area contributed by atoms with Gasteiger partial charge in [0.1, 0.15) is 0 Å². The molecule has 3 fully saturated rings. The molecule has 164 valence electrons. The van der Waals surface area contributed by atoms with Crippen LogP contribution >= 0.6 is 0 Å². The molecule has 3 atom stereocenters. The number of benzene rings is 1. The monoisotopic (exact) mass is 418 g/mol. The molecule has 1 amide bonds. The maximum absolute atomic E-state index is 13.2.